The zero-order valence-electron chi connectivity index (χ0n) is 13.9. The van der Waals surface area contributed by atoms with Gasteiger partial charge in [-0.25, -0.2) is 0 Å². The van der Waals surface area contributed by atoms with Crippen LogP contribution in [0.25, 0.3) is 0 Å². The predicted molar refractivity (Wildman–Crippen MR) is 86.1 cm³/mol. The van der Waals surface area contributed by atoms with Crippen molar-refractivity contribution in [3.8, 4) is 11.5 Å². The SMILES string of the molecule is CCOc1ccc(C(C)(O)CCNC(C)C)cc1OCC. The molecular formula is C17H29NO3. The lowest BCUT2D eigenvalue weighted by molar-refractivity contribution is 0.0472. The van der Waals surface area contributed by atoms with Crippen molar-refractivity contribution in [3.63, 3.8) is 0 Å². The van der Waals surface area contributed by atoms with E-state index < -0.39 is 5.60 Å². The van der Waals surface area contributed by atoms with Gasteiger partial charge in [0.25, 0.3) is 0 Å². The molecule has 0 spiro atoms. The molecule has 0 aliphatic heterocycles. The minimum Gasteiger partial charge on any atom is -0.490 e. The Balaban J connectivity index is 2.87. The molecule has 0 saturated carbocycles. The molecule has 0 saturated heterocycles. The van der Waals surface area contributed by atoms with Crippen LogP contribution < -0.4 is 14.8 Å². The van der Waals surface area contributed by atoms with Crippen molar-refractivity contribution in [2.75, 3.05) is 19.8 Å². The Morgan fingerprint density at radius 2 is 1.76 bits per heavy atom. The van der Waals surface area contributed by atoms with Crippen molar-refractivity contribution in [2.24, 2.45) is 0 Å². The van der Waals surface area contributed by atoms with Crippen LogP contribution >= 0.6 is 0 Å². The summed E-state index contributed by atoms with van der Waals surface area (Å²) < 4.78 is 11.2. The molecule has 0 amide bonds. The maximum Gasteiger partial charge on any atom is 0.161 e. The number of ether oxygens (including phenoxy) is 2. The summed E-state index contributed by atoms with van der Waals surface area (Å²) in [6.07, 6.45) is 0.644. The van der Waals surface area contributed by atoms with E-state index in [0.29, 0.717) is 31.4 Å². The van der Waals surface area contributed by atoms with Gasteiger partial charge >= 0.3 is 0 Å². The van der Waals surface area contributed by atoms with Gasteiger partial charge in [0.15, 0.2) is 11.5 Å². The van der Waals surface area contributed by atoms with Crippen LogP contribution in [0.4, 0.5) is 0 Å². The molecule has 120 valence electrons. The number of hydrogen-bond acceptors (Lipinski definition) is 4. The van der Waals surface area contributed by atoms with E-state index in [4.69, 9.17) is 9.47 Å². The summed E-state index contributed by atoms with van der Waals surface area (Å²) in [7, 11) is 0. The first-order valence-electron chi connectivity index (χ1n) is 7.76. The van der Waals surface area contributed by atoms with Gasteiger partial charge < -0.3 is 19.9 Å². The Morgan fingerprint density at radius 1 is 1.14 bits per heavy atom. The number of aliphatic hydroxyl groups is 1. The summed E-state index contributed by atoms with van der Waals surface area (Å²) in [4.78, 5) is 0. The second-order valence-corrected chi connectivity index (χ2v) is 5.66. The molecule has 1 unspecified atom stereocenters. The minimum absolute atomic E-state index is 0.417. The number of nitrogens with one attached hydrogen (secondary N) is 1. The molecule has 21 heavy (non-hydrogen) atoms. The molecule has 1 aromatic rings. The summed E-state index contributed by atoms with van der Waals surface area (Å²) in [5, 5.41) is 14.0. The Labute approximate surface area is 128 Å². The third-order valence-electron chi connectivity index (χ3n) is 3.33. The first-order chi connectivity index (χ1) is 9.90. The molecule has 0 aliphatic carbocycles. The number of hydrogen-bond donors (Lipinski definition) is 2. The molecule has 0 heterocycles. The minimum atomic E-state index is -0.890. The lowest BCUT2D eigenvalue weighted by atomic mass is 9.92. The zero-order chi connectivity index (χ0) is 15.9. The highest BCUT2D eigenvalue weighted by Gasteiger charge is 2.24. The summed E-state index contributed by atoms with van der Waals surface area (Å²) in [6.45, 7) is 11.8. The Morgan fingerprint density at radius 3 is 2.33 bits per heavy atom. The largest absolute Gasteiger partial charge is 0.490 e. The molecule has 1 aromatic carbocycles. The zero-order valence-corrected chi connectivity index (χ0v) is 13.9. The van der Waals surface area contributed by atoms with E-state index in [-0.39, 0.29) is 0 Å². The maximum absolute atomic E-state index is 10.7. The van der Waals surface area contributed by atoms with Gasteiger partial charge in [0.1, 0.15) is 0 Å². The van der Waals surface area contributed by atoms with E-state index in [1.165, 1.54) is 0 Å². The maximum atomic E-state index is 10.7. The molecule has 0 radical (unpaired) electrons. The first kappa shape index (κ1) is 17.8. The number of rotatable bonds is 9. The Hall–Kier alpha value is -1.26. The molecule has 1 rings (SSSR count). The van der Waals surface area contributed by atoms with Crippen molar-refractivity contribution < 1.29 is 14.6 Å². The van der Waals surface area contributed by atoms with Gasteiger partial charge in [-0.15, -0.1) is 0 Å². The van der Waals surface area contributed by atoms with E-state index in [1.807, 2.05) is 39.0 Å². The van der Waals surface area contributed by atoms with Crippen LogP contribution in [0, 0.1) is 0 Å². The van der Waals surface area contributed by atoms with Crippen molar-refractivity contribution in [3.05, 3.63) is 23.8 Å². The fraction of sp³-hybridized carbons (Fsp3) is 0.647. The van der Waals surface area contributed by atoms with E-state index in [9.17, 15) is 5.11 Å². The number of benzene rings is 1. The summed E-state index contributed by atoms with van der Waals surface area (Å²) in [5.74, 6) is 1.41. The van der Waals surface area contributed by atoms with Crippen LogP contribution in [0.2, 0.25) is 0 Å². The highest BCUT2D eigenvalue weighted by molar-refractivity contribution is 5.44. The fourth-order valence-electron chi connectivity index (χ4n) is 2.13. The molecular weight excluding hydrogens is 266 g/mol. The molecule has 0 aromatic heterocycles. The molecule has 2 N–H and O–H groups in total. The van der Waals surface area contributed by atoms with Gasteiger partial charge in [0.05, 0.1) is 18.8 Å². The quantitative estimate of drug-likeness (QED) is 0.735. The average Bonchev–Trinajstić information content (AvgIpc) is 2.40. The van der Waals surface area contributed by atoms with E-state index in [0.717, 1.165) is 17.9 Å². The molecule has 0 bridgehead atoms. The highest BCUT2D eigenvalue weighted by Crippen LogP contribution is 2.34. The van der Waals surface area contributed by atoms with Crippen LogP contribution in [0.1, 0.15) is 46.6 Å². The van der Waals surface area contributed by atoms with E-state index in [2.05, 4.69) is 19.2 Å². The van der Waals surface area contributed by atoms with Crippen molar-refractivity contribution in [1.82, 2.24) is 5.32 Å². The predicted octanol–water partition coefficient (Wildman–Crippen LogP) is 3.08. The average molecular weight is 295 g/mol. The third-order valence-corrected chi connectivity index (χ3v) is 3.33. The standard InChI is InChI=1S/C17H29NO3/c1-6-20-15-9-8-14(12-16(15)21-7-2)17(5,19)10-11-18-13(3)4/h8-9,12-13,18-19H,6-7,10-11H2,1-5H3. The second-order valence-electron chi connectivity index (χ2n) is 5.66. The smallest absolute Gasteiger partial charge is 0.161 e. The van der Waals surface area contributed by atoms with Crippen molar-refractivity contribution in [2.45, 2.75) is 52.7 Å². The monoisotopic (exact) mass is 295 g/mol. The van der Waals surface area contributed by atoms with Gasteiger partial charge in [0.2, 0.25) is 0 Å². The van der Waals surface area contributed by atoms with Crippen molar-refractivity contribution in [1.29, 1.82) is 0 Å². The van der Waals surface area contributed by atoms with Crippen LogP contribution in [0.5, 0.6) is 11.5 Å². The molecule has 0 aliphatic rings. The molecule has 4 nitrogen and oxygen atoms in total. The lowest BCUT2D eigenvalue weighted by Gasteiger charge is -2.25. The van der Waals surface area contributed by atoms with E-state index in [1.54, 1.807) is 0 Å². The summed E-state index contributed by atoms with van der Waals surface area (Å²) in [5.41, 5.74) is -0.0432. The molecule has 1 atom stereocenters. The van der Waals surface area contributed by atoms with Crippen molar-refractivity contribution >= 4 is 0 Å². The Bertz CT molecular complexity index is 430. The third kappa shape index (κ3) is 5.56. The van der Waals surface area contributed by atoms with Gasteiger partial charge in [-0.3, -0.25) is 0 Å². The normalized spacial score (nSPS) is 14.0. The lowest BCUT2D eigenvalue weighted by Crippen LogP contribution is -2.31. The van der Waals surface area contributed by atoms with Crippen LogP contribution in [0.15, 0.2) is 18.2 Å². The van der Waals surface area contributed by atoms with Crippen LogP contribution in [0.3, 0.4) is 0 Å². The fourth-order valence-corrected chi connectivity index (χ4v) is 2.13. The highest BCUT2D eigenvalue weighted by atomic mass is 16.5. The van der Waals surface area contributed by atoms with Gasteiger partial charge in [-0.1, -0.05) is 19.9 Å². The second kappa shape index (κ2) is 8.25. The first-order valence-corrected chi connectivity index (χ1v) is 7.76. The Kier molecular flexibility index (Phi) is 6.99. The van der Waals surface area contributed by atoms with Gasteiger partial charge in [0, 0.05) is 6.04 Å². The van der Waals surface area contributed by atoms with Crippen LogP contribution in [-0.2, 0) is 5.60 Å². The molecule has 0 fully saturated rings. The van der Waals surface area contributed by atoms with Crippen LogP contribution in [-0.4, -0.2) is 30.9 Å². The van der Waals surface area contributed by atoms with E-state index >= 15 is 0 Å². The summed E-state index contributed by atoms with van der Waals surface area (Å²) in [6, 6.07) is 6.07. The topological polar surface area (TPSA) is 50.7 Å². The van der Waals surface area contributed by atoms with Gasteiger partial charge in [-0.05, 0) is 51.4 Å². The molecule has 4 heteroatoms. The van der Waals surface area contributed by atoms with Gasteiger partial charge in [-0.2, -0.15) is 0 Å². The summed E-state index contributed by atoms with van der Waals surface area (Å²) >= 11 is 0.